The van der Waals surface area contributed by atoms with Crippen LogP contribution in [0, 0.1) is 18.3 Å². The molecule has 2 N–H and O–H groups in total. The lowest BCUT2D eigenvalue weighted by atomic mass is 10.1. The largest absolute Gasteiger partial charge is 0.438 e. The van der Waals surface area contributed by atoms with Crippen molar-refractivity contribution in [1.82, 2.24) is 4.98 Å². The predicted molar refractivity (Wildman–Crippen MR) is 73.0 cm³/mol. The molecule has 2 rings (SSSR count). The molecule has 0 aliphatic heterocycles. The second-order valence-corrected chi connectivity index (χ2v) is 4.20. The molecule has 0 fully saturated rings. The molecule has 19 heavy (non-hydrogen) atoms. The van der Waals surface area contributed by atoms with Crippen LogP contribution in [-0.2, 0) is 6.42 Å². The zero-order chi connectivity index (χ0) is 13.7. The van der Waals surface area contributed by atoms with Crippen molar-refractivity contribution in [3.8, 4) is 17.7 Å². The van der Waals surface area contributed by atoms with Gasteiger partial charge in [-0.25, -0.2) is 4.98 Å². The molecule has 0 unspecified atom stereocenters. The Bertz CT molecular complexity index is 600. The number of aryl methyl sites for hydroxylation is 1. The number of ether oxygens (including phenoxy) is 1. The minimum Gasteiger partial charge on any atom is -0.438 e. The van der Waals surface area contributed by atoms with Crippen LogP contribution >= 0.6 is 0 Å². The molecule has 0 bridgehead atoms. The molecule has 0 saturated heterocycles. The minimum absolute atomic E-state index is 0.342. The van der Waals surface area contributed by atoms with E-state index in [1.54, 1.807) is 12.3 Å². The van der Waals surface area contributed by atoms with Crippen LogP contribution in [0.3, 0.4) is 0 Å². The number of nitriles is 1. The molecule has 0 atom stereocenters. The van der Waals surface area contributed by atoms with Crippen molar-refractivity contribution in [3.63, 3.8) is 0 Å². The van der Waals surface area contributed by atoms with E-state index in [0.717, 1.165) is 17.5 Å². The molecule has 0 amide bonds. The molecule has 0 aliphatic carbocycles. The Morgan fingerprint density at radius 3 is 2.63 bits per heavy atom. The van der Waals surface area contributed by atoms with Gasteiger partial charge >= 0.3 is 0 Å². The number of nitrogens with zero attached hydrogens (tertiary/aromatic N) is 2. The lowest BCUT2D eigenvalue weighted by Crippen LogP contribution is -2.02. The van der Waals surface area contributed by atoms with Gasteiger partial charge < -0.3 is 10.5 Å². The van der Waals surface area contributed by atoms with Crippen molar-refractivity contribution in [2.75, 3.05) is 6.54 Å². The first-order chi connectivity index (χ1) is 9.24. The van der Waals surface area contributed by atoms with Crippen molar-refractivity contribution >= 4 is 0 Å². The Morgan fingerprint density at radius 1 is 1.26 bits per heavy atom. The number of hydrogen-bond acceptors (Lipinski definition) is 4. The lowest BCUT2D eigenvalue weighted by Gasteiger charge is -2.08. The molecule has 0 spiro atoms. The second kappa shape index (κ2) is 5.98. The van der Waals surface area contributed by atoms with Gasteiger partial charge in [0, 0.05) is 6.20 Å². The molecule has 2 aromatic rings. The monoisotopic (exact) mass is 253 g/mol. The van der Waals surface area contributed by atoms with Gasteiger partial charge in [-0.05, 0) is 49.2 Å². The van der Waals surface area contributed by atoms with Gasteiger partial charge in [-0.1, -0.05) is 12.1 Å². The summed E-state index contributed by atoms with van der Waals surface area (Å²) in [4.78, 5) is 4.10. The average molecular weight is 253 g/mol. The number of hydrogen-bond donors (Lipinski definition) is 1. The van der Waals surface area contributed by atoms with Gasteiger partial charge in [0.05, 0.1) is 0 Å². The topological polar surface area (TPSA) is 71.9 Å². The van der Waals surface area contributed by atoms with Crippen molar-refractivity contribution in [3.05, 3.63) is 53.2 Å². The molecule has 1 aromatic heterocycles. The molecule has 0 radical (unpaired) electrons. The molecular formula is C15H15N3O. The number of nitrogens with two attached hydrogens (primary N) is 1. The van der Waals surface area contributed by atoms with Crippen LogP contribution in [0.1, 0.15) is 16.7 Å². The summed E-state index contributed by atoms with van der Waals surface area (Å²) in [5.41, 5.74) is 7.98. The van der Waals surface area contributed by atoms with E-state index < -0.39 is 0 Å². The summed E-state index contributed by atoms with van der Waals surface area (Å²) < 4.78 is 5.65. The van der Waals surface area contributed by atoms with Gasteiger partial charge in [-0.2, -0.15) is 5.26 Å². The van der Waals surface area contributed by atoms with E-state index in [1.165, 1.54) is 0 Å². The van der Waals surface area contributed by atoms with E-state index in [2.05, 4.69) is 11.1 Å². The molecule has 0 saturated carbocycles. The maximum Gasteiger partial charge on any atom is 0.237 e. The highest BCUT2D eigenvalue weighted by Gasteiger charge is 2.08. The fourth-order valence-corrected chi connectivity index (χ4v) is 1.75. The SMILES string of the molecule is Cc1ccnc(Oc2ccc(CCN)cc2)c1C#N. The molecular weight excluding hydrogens is 238 g/mol. The first kappa shape index (κ1) is 13.1. The third-order valence-electron chi connectivity index (χ3n) is 2.81. The quantitative estimate of drug-likeness (QED) is 0.908. The number of pyridine rings is 1. The second-order valence-electron chi connectivity index (χ2n) is 4.20. The summed E-state index contributed by atoms with van der Waals surface area (Å²) in [7, 11) is 0. The fourth-order valence-electron chi connectivity index (χ4n) is 1.75. The van der Waals surface area contributed by atoms with Crippen LogP contribution in [0.4, 0.5) is 0 Å². The first-order valence-corrected chi connectivity index (χ1v) is 6.07. The average Bonchev–Trinajstić information content (AvgIpc) is 2.42. The summed E-state index contributed by atoms with van der Waals surface area (Å²) >= 11 is 0. The first-order valence-electron chi connectivity index (χ1n) is 6.07. The number of rotatable bonds is 4. The van der Waals surface area contributed by atoms with Gasteiger partial charge in [0.25, 0.3) is 0 Å². The van der Waals surface area contributed by atoms with E-state index >= 15 is 0 Å². The molecule has 96 valence electrons. The van der Waals surface area contributed by atoms with E-state index in [0.29, 0.717) is 23.7 Å². The Kier molecular flexibility index (Phi) is 4.11. The molecule has 1 aromatic carbocycles. The van der Waals surface area contributed by atoms with E-state index in [4.69, 9.17) is 15.7 Å². The van der Waals surface area contributed by atoms with Gasteiger partial charge in [-0.15, -0.1) is 0 Å². The van der Waals surface area contributed by atoms with E-state index in [9.17, 15) is 0 Å². The van der Waals surface area contributed by atoms with Gasteiger partial charge in [-0.3, -0.25) is 0 Å². The Morgan fingerprint density at radius 2 is 2.00 bits per heavy atom. The lowest BCUT2D eigenvalue weighted by molar-refractivity contribution is 0.460. The van der Waals surface area contributed by atoms with Gasteiger partial charge in [0.2, 0.25) is 5.88 Å². The summed E-state index contributed by atoms with van der Waals surface area (Å²) in [6.45, 7) is 2.48. The maximum absolute atomic E-state index is 9.11. The third kappa shape index (κ3) is 3.09. The van der Waals surface area contributed by atoms with Crippen molar-refractivity contribution in [2.45, 2.75) is 13.3 Å². The predicted octanol–water partition coefficient (Wildman–Crippen LogP) is 2.56. The number of aromatic nitrogens is 1. The van der Waals surface area contributed by atoms with E-state index in [1.807, 2.05) is 31.2 Å². The number of benzene rings is 1. The zero-order valence-electron chi connectivity index (χ0n) is 10.8. The summed E-state index contributed by atoms with van der Waals surface area (Å²) in [6, 6.07) is 11.5. The molecule has 0 aliphatic rings. The van der Waals surface area contributed by atoms with Crippen molar-refractivity contribution in [1.29, 1.82) is 5.26 Å². The Labute approximate surface area is 112 Å². The van der Waals surface area contributed by atoms with Crippen LogP contribution < -0.4 is 10.5 Å². The standard InChI is InChI=1S/C15H15N3O/c1-11-7-9-18-15(14(11)10-17)19-13-4-2-12(3-5-13)6-8-16/h2-5,7,9H,6,8,16H2,1H3. The van der Waals surface area contributed by atoms with Gasteiger partial charge in [0.1, 0.15) is 17.4 Å². The van der Waals surface area contributed by atoms with Crippen LogP contribution in [0.15, 0.2) is 36.5 Å². The van der Waals surface area contributed by atoms with Gasteiger partial charge in [0.15, 0.2) is 0 Å². The molecule has 4 heteroatoms. The van der Waals surface area contributed by atoms with Crippen molar-refractivity contribution in [2.24, 2.45) is 5.73 Å². The Hall–Kier alpha value is -2.38. The highest BCUT2D eigenvalue weighted by Crippen LogP contribution is 2.24. The van der Waals surface area contributed by atoms with Crippen LogP contribution in [-0.4, -0.2) is 11.5 Å². The highest BCUT2D eigenvalue weighted by atomic mass is 16.5. The molecule has 1 heterocycles. The smallest absolute Gasteiger partial charge is 0.237 e. The van der Waals surface area contributed by atoms with E-state index in [-0.39, 0.29) is 0 Å². The molecule has 4 nitrogen and oxygen atoms in total. The maximum atomic E-state index is 9.11. The highest BCUT2D eigenvalue weighted by molar-refractivity contribution is 5.45. The van der Waals surface area contributed by atoms with Crippen LogP contribution in [0.5, 0.6) is 11.6 Å². The van der Waals surface area contributed by atoms with Crippen LogP contribution in [0.2, 0.25) is 0 Å². The zero-order valence-corrected chi connectivity index (χ0v) is 10.8. The minimum atomic E-state index is 0.342. The fraction of sp³-hybridized carbons (Fsp3) is 0.200. The van der Waals surface area contributed by atoms with Crippen LogP contribution in [0.25, 0.3) is 0 Å². The third-order valence-corrected chi connectivity index (χ3v) is 2.81. The van der Waals surface area contributed by atoms with Crippen molar-refractivity contribution < 1.29 is 4.74 Å². The summed E-state index contributed by atoms with van der Waals surface area (Å²) in [5.74, 6) is 1.00. The Balaban J connectivity index is 2.22. The summed E-state index contributed by atoms with van der Waals surface area (Å²) in [5, 5.41) is 9.11. The normalized spacial score (nSPS) is 9.95. The summed E-state index contributed by atoms with van der Waals surface area (Å²) in [6.07, 6.45) is 2.47.